The molecular weight excluding hydrogens is 781 g/mol. The van der Waals surface area contributed by atoms with Crippen LogP contribution in [0.15, 0.2) is 48.6 Å². The van der Waals surface area contributed by atoms with Gasteiger partial charge in [-0.15, -0.1) is 0 Å². The van der Waals surface area contributed by atoms with Crippen LogP contribution in [0.3, 0.4) is 0 Å². The van der Waals surface area contributed by atoms with E-state index >= 15 is 0 Å². The van der Waals surface area contributed by atoms with Crippen molar-refractivity contribution < 1.29 is 28.6 Å². The van der Waals surface area contributed by atoms with Crippen molar-refractivity contribution in [3.05, 3.63) is 48.6 Å². The highest BCUT2D eigenvalue weighted by Crippen LogP contribution is 2.16. The molecule has 6 nitrogen and oxygen atoms in total. The highest BCUT2D eigenvalue weighted by atomic mass is 16.6. The van der Waals surface area contributed by atoms with Crippen LogP contribution < -0.4 is 0 Å². The van der Waals surface area contributed by atoms with Gasteiger partial charge in [-0.05, 0) is 77.0 Å². The Morgan fingerprint density at radius 3 is 1.02 bits per heavy atom. The van der Waals surface area contributed by atoms with Crippen molar-refractivity contribution in [2.24, 2.45) is 0 Å². The van der Waals surface area contributed by atoms with E-state index in [9.17, 15) is 14.4 Å². The van der Waals surface area contributed by atoms with Crippen LogP contribution in [0.1, 0.15) is 278 Å². The van der Waals surface area contributed by atoms with Gasteiger partial charge in [-0.25, -0.2) is 0 Å². The molecule has 0 bridgehead atoms. The second-order valence-corrected chi connectivity index (χ2v) is 18.1. The van der Waals surface area contributed by atoms with Gasteiger partial charge in [-0.3, -0.25) is 14.4 Å². The molecule has 0 amide bonds. The summed E-state index contributed by atoms with van der Waals surface area (Å²) >= 11 is 0. The lowest BCUT2D eigenvalue weighted by Crippen LogP contribution is -2.30. The van der Waals surface area contributed by atoms with E-state index in [-0.39, 0.29) is 31.1 Å². The Morgan fingerprint density at radius 1 is 0.333 bits per heavy atom. The fourth-order valence-electron chi connectivity index (χ4n) is 7.75. The van der Waals surface area contributed by atoms with Gasteiger partial charge in [0.05, 0.1) is 0 Å². The molecule has 0 aliphatic carbocycles. The predicted molar refractivity (Wildman–Crippen MR) is 270 cm³/mol. The Morgan fingerprint density at radius 2 is 0.619 bits per heavy atom. The van der Waals surface area contributed by atoms with Crippen molar-refractivity contribution in [1.29, 1.82) is 0 Å². The molecule has 0 N–H and O–H groups in total. The molecule has 0 aromatic rings. The molecule has 0 aliphatic heterocycles. The molecule has 0 heterocycles. The number of unbranched alkanes of at least 4 members (excludes halogenated alkanes) is 30. The van der Waals surface area contributed by atoms with Crippen molar-refractivity contribution >= 4 is 17.9 Å². The van der Waals surface area contributed by atoms with Crippen molar-refractivity contribution in [2.75, 3.05) is 13.2 Å². The van der Waals surface area contributed by atoms with Gasteiger partial charge in [0.25, 0.3) is 0 Å². The maximum absolute atomic E-state index is 12.8. The molecule has 0 saturated carbocycles. The van der Waals surface area contributed by atoms with Gasteiger partial charge in [-0.1, -0.05) is 230 Å². The SMILES string of the molecule is CC/C=C\C/C=C\C/C=C\CCCCC(=O)OCC(COC(=O)CCCCCCCCC/C=C\CCCCCCCCCC)OC(=O)CCCCCCCCCCCCCCCC. The van der Waals surface area contributed by atoms with Gasteiger partial charge >= 0.3 is 17.9 Å². The molecule has 0 radical (unpaired) electrons. The summed E-state index contributed by atoms with van der Waals surface area (Å²) in [5, 5.41) is 0. The molecule has 0 aromatic heterocycles. The van der Waals surface area contributed by atoms with E-state index in [1.165, 1.54) is 161 Å². The van der Waals surface area contributed by atoms with Gasteiger partial charge < -0.3 is 14.2 Å². The van der Waals surface area contributed by atoms with E-state index in [0.29, 0.717) is 19.3 Å². The van der Waals surface area contributed by atoms with Crippen LogP contribution in [0, 0.1) is 0 Å². The number of hydrogen-bond donors (Lipinski definition) is 0. The minimum Gasteiger partial charge on any atom is -0.462 e. The standard InChI is InChI=1S/C57H102O6/c1-4-7-10-13-16-19-22-25-27-28-29-30-31-33-35-38-41-44-47-50-56(59)62-53-54(52-61-55(58)49-46-43-40-37-34-24-21-18-15-12-9-6-3)63-57(60)51-48-45-42-39-36-32-26-23-20-17-14-11-8-5-2/h9,12,18,21,28-29,34,37,54H,4-8,10-11,13-17,19-20,22-27,30-33,35-36,38-53H2,1-3H3/b12-9-,21-18-,29-28-,37-34-. The van der Waals surface area contributed by atoms with E-state index in [1.54, 1.807) is 0 Å². The third-order valence-electron chi connectivity index (χ3n) is 11.8. The van der Waals surface area contributed by atoms with Crippen LogP contribution in [-0.2, 0) is 28.6 Å². The van der Waals surface area contributed by atoms with E-state index < -0.39 is 6.10 Å². The molecule has 366 valence electrons. The molecule has 0 rings (SSSR count). The quantitative estimate of drug-likeness (QED) is 0.0262. The van der Waals surface area contributed by atoms with Crippen LogP contribution in [0.2, 0.25) is 0 Å². The first-order valence-corrected chi connectivity index (χ1v) is 27.1. The highest BCUT2D eigenvalue weighted by molar-refractivity contribution is 5.71. The monoisotopic (exact) mass is 883 g/mol. The molecule has 1 atom stereocenters. The van der Waals surface area contributed by atoms with Crippen molar-refractivity contribution in [1.82, 2.24) is 0 Å². The van der Waals surface area contributed by atoms with E-state index in [0.717, 1.165) is 77.0 Å². The Labute approximate surface area is 390 Å². The number of ether oxygens (including phenoxy) is 3. The summed E-state index contributed by atoms with van der Waals surface area (Å²) in [7, 11) is 0. The van der Waals surface area contributed by atoms with Crippen molar-refractivity contribution in [3.8, 4) is 0 Å². The molecular formula is C57H102O6. The van der Waals surface area contributed by atoms with Crippen LogP contribution in [-0.4, -0.2) is 37.2 Å². The zero-order valence-electron chi connectivity index (χ0n) is 41.8. The molecule has 0 spiro atoms. The zero-order chi connectivity index (χ0) is 45.8. The minimum absolute atomic E-state index is 0.0850. The number of hydrogen-bond acceptors (Lipinski definition) is 6. The number of rotatable bonds is 49. The third-order valence-corrected chi connectivity index (χ3v) is 11.8. The van der Waals surface area contributed by atoms with E-state index in [1.807, 2.05) is 0 Å². The summed E-state index contributed by atoms with van der Waals surface area (Å²) in [5.41, 5.74) is 0. The molecule has 0 aliphatic rings. The lowest BCUT2D eigenvalue weighted by molar-refractivity contribution is -0.167. The third kappa shape index (κ3) is 50.2. The Hall–Kier alpha value is -2.63. The molecule has 1 unspecified atom stereocenters. The second-order valence-electron chi connectivity index (χ2n) is 18.1. The summed E-state index contributed by atoms with van der Waals surface area (Å²) in [6.45, 7) is 6.51. The zero-order valence-corrected chi connectivity index (χ0v) is 41.8. The first-order chi connectivity index (χ1) is 31.0. The Balaban J connectivity index is 4.35. The summed E-state index contributed by atoms with van der Waals surface area (Å²) < 4.78 is 16.8. The highest BCUT2D eigenvalue weighted by Gasteiger charge is 2.19. The molecule has 0 saturated heterocycles. The minimum atomic E-state index is -0.787. The lowest BCUT2D eigenvalue weighted by atomic mass is 10.0. The summed E-state index contributed by atoms with van der Waals surface area (Å²) in [4.78, 5) is 38.0. The molecule has 0 aromatic carbocycles. The van der Waals surface area contributed by atoms with Crippen LogP contribution >= 0.6 is 0 Å². The first-order valence-electron chi connectivity index (χ1n) is 27.1. The van der Waals surface area contributed by atoms with Crippen molar-refractivity contribution in [3.63, 3.8) is 0 Å². The van der Waals surface area contributed by atoms with Gasteiger partial charge in [0.15, 0.2) is 6.10 Å². The number of esters is 3. The number of allylic oxidation sites excluding steroid dienone is 8. The summed E-state index contributed by atoms with van der Waals surface area (Å²) in [5.74, 6) is -0.920. The molecule has 63 heavy (non-hydrogen) atoms. The summed E-state index contributed by atoms with van der Waals surface area (Å²) in [6, 6.07) is 0. The van der Waals surface area contributed by atoms with Crippen LogP contribution in [0.25, 0.3) is 0 Å². The fourth-order valence-corrected chi connectivity index (χ4v) is 7.75. The van der Waals surface area contributed by atoms with Crippen molar-refractivity contribution in [2.45, 2.75) is 284 Å². The van der Waals surface area contributed by atoms with Gasteiger partial charge in [0.2, 0.25) is 0 Å². The molecule has 0 fully saturated rings. The summed E-state index contributed by atoms with van der Waals surface area (Å²) in [6.07, 6.45) is 62.5. The van der Waals surface area contributed by atoms with Crippen LogP contribution in [0.4, 0.5) is 0 Å². The predicted octanol–water partition coefficient (Wildman–Crippen LogP) is 17.9. The smallest absolute Gasteiger partial charge is 0.306 e. The normalized spacial score (nSPS) is 12.4. The maximum atomic E-state index is 12.8. The van der Waals surface area contributed by atoms with Gasteiger partial charge in [0, 0.05) is 19.3 Å². The first kappa shape index (κ1) is 60.4. The Kier molecular flexibility index (Phi) is 49.8. The van der Waals surface area contributed by atoms with E-state index in [4.69, 9.17) is 14.2 Å². The number of carbonyl (C=O) groups excluding carboxylic acids is 3. The topological polar surface area (TPSA) is 78.9 Å². The average Bonchev–Trinajstić information content (AvgIpc) is 3.28. The Bertz CT molecular complexity index is 1110. The average molecular weight is 883 g/mol. The lowest BCUT2D eigenvalue weighted by Gasteiger charge is -2.18. The van der Waals surface area contributed by atoms with E-state index in [2.05, 4.69) is 69.4 Å². The van der Waals surface area contributed by atoms with Gasteiger partial charge in [0.1, 0.15) is 13.2 Å². The number of carbonyl (C=O) groups is 3. The largest absolute Gasteiger partial charge is 0.462 e. The van der Waals surface area contributed by atoms with Gasteiger partial charge in [-0.2, -0.15) is 0 Å². The maximum Gasteiger partial charge on any atom is 0.306 e. The molecule has 6 heteroatoms. The van der Waals surface area contributed by atoms with Crippen LogP contribution in [0.5, 0.6) is 0 Å². The fraction of sp³-hybridized carbons (Fsp3) is 0.807. The second kappa shape index (κ2) is 52.0.